The van der Waals surface area contributed by atoms with E-state index < -0.39 is 5.78 Å². The quantitative estimate of drug-likeness (QED) is 0.332. The second-order valence-corrected chi connectivity index (χ2v) is 7.03. The molecule has 0 atom stereocenters. The summed E-state index contributed by atoms with van der Waals surface area (Å²) < 4.78 is 5.22. The fourth-order valence-electron chi connectivity index (χ4n) is 3.36. The maximum Gasteiger partial charge on any atom is 0.235 e. The molecule has 0 saturated heterocycles. The first-order valence-corrected chi connectivity index (χ1v) is 9.86. The predicted molar refractivity (Wildman–Crippen MR) is 119 cm³/mol. The zero-order valence-electron chi connectivity index (χ0n) is 17.1. The molecule has 4 aromatic rings. The van der Waals surface area contributed by atoms with E-state index in [0.717, 1.165) is 16.3 Å². The number of anilines is 1. The van der Waals surface area contributed by atoms with Gasteiger partial charge in [0, 0.05) is 18.1 Å². The molecule has 0 bridgehead atoms. The molecule has 1 amide bonds. The molecule has 1 aromatic heterocycles. The summed E-state index contributed by atoms with van der Waals surface area (Å²) in [6, 6.07) is 23.0. The van der Waals surface area contributed by atoms with Crippen LogP contribution in [0.2, 0.25) is 0 Å². The SMILES string of the molecule is COc1ccc(N(Cc2ccc3ccccc3c2)C(=O)CC(=O)c2ncccn2)cc1. The zero-order valence-corrected chi connectivity index (χ0v) is 17.1. The second-order valence-electron chi connectivity index (χ2n) is 7.03. The van der Waals surface area contributed by atoms with E-state index in [0.29, 0.717) is 18.0 Å². The van der Waals surface area contributed by atoms with Crippen LogP contribution in [0.5, 0.6) is 5.75 Å². The van der Waals surface area contributed by atoms with Gasteiger partial charge in [-0.15, -0.1) is 0 Å². The van der Waals surface area contributed by atoms with Gasteiger partial charge in [-0.1, -0.05) is 36.4 Å². The van der Waals surface area contributed by atoms with Gasteiger partial charge in [0.25, 0.3) is 0 Å². The number of aromatic nitrogens is 2. The highest BCUT2D eigenvalue weighted by atomic mass is 16.5. The molecule has 0 spiro atoms. The van der Waals surface area contributed by atoms with E-state index in [1.54, 1.807) is 42.3 Å². The molecule has 0 aliphatic carbocycles. The number of amides is 1. The molecule has 31 heavy (non-hydrogen) atoms. The minimum Gasteiger partial charge on any atom is -0.497 e. The number of methoxy groups -OCH3 is 1. The summed E-state index contributed by atoms with van der Waals surface area (Å²) in [7, 11) is 1.59. The van der Waals surface area contributed by atoms with Crippen molar-refractivity contribution in [3.63, 3.8) is 0 Å². The Hall–Kier alpha value is -4.06. The summed E-state index contributed by atoms with van der Waals surface area (Å²) in [5, 5.41) is 2.22. The highest BCUT2D eigenvalue weighted by Gasteiger charge is 2.22. The number of carbonyl (C=O) groups is 2. The molecule has 0 aliphatic rings. The molecule has 0 saturated carbocycles. The van der Waals surface area contributed by atoms with Crippen LogP contribution in [0.3, 0.4) is 0 Å². The highest BCUT2D eigenvalue weighted by molar-refractivity contribution is 6.10. The molecule has 0 aliphatic heterocycles. The van der Waals surface area contributed by atoms with Crippen molar-refractivity contribution < 1.29 is 14.3 Å². The average Bonchev–Trinajstić information content (AvgIpc) is 2.83. The summed E-state index contributed by atoms with van der Waals surface area (Å²) in [5.74, 6) is -0.00902. The number of hydrogen-bond acceptors (Lipinski definition) is 5. The zero-order chi connectivity index (χ0) is 21.6. The van der Waals surface area contributed by atoms with E-state index in [-0.39, 0.29) is 18.2 Å². The van der Waals surface area contributed by atoms with Gasteiger partial charge in [0.05, 0.1) is 20.1 Å². The van der Waals surface area contributed by atoms with Gasteiger partial charge in [0.2, 0.25) is 11.7 Å². The van der Waals surface area contributed by atoms with Crippen molar-refractivity contribution in [2.24, 2.45) is 0 Å². The first-order valence-electron chi connectivity index (χ1n) is 9.86. The molecule has 1 heterocycles. The Morgan fingerprint density at radius 2 is 1.58 bits per heavy atom. The van der Waals surface area contributed by atoms with Crippen LogP contribution < -0.4 is 9.64 Å². The van der Waals surface area contributed by atoms with E-state index in [2.05, 4.69) is 16.0 Å². The van der Waals surface area contributed by atoms with Gasteiger partial charge in [-0.2, -0.15) is 0 Å². The van der Waals surface area contributed by atoms with Crippen molar-refractivity contribution in [3.05, 3.63) is 96.6 Å². The van der Waals surface area contributed by atoms with E-state index in [1.165, 1.54) is 12.4 Å². The fraction of sp³-hybridized carbons (Fsp3) is 0.120. The Bertz CT molecular complexity index is 1210. The van der Waals surface area contributed by atoms with Crippen molar-refractivity contribution in [1.29, 1.82) is 0 Å². The minimum absolute atomic E-state index is 0.0382. The summed E-state index contributed by atoms with van der Waals surface area (Å²) in [6.45, 7) is 0.332. The van der Waals surface area contributed by atoms with Gasteiger partial charge in [-0.05, 0) is 52.7 Å². The molecule has 154 valence electrons. The lowest BCUT2D eigenvalue weighted by molar-refractivity contribution is -0.117. The summed E-state index contributed by atoms with van der Waals surface area (Å²) in [4.78, 5) is 35.2. The molecule has 0 fully saturated rings. The van der Waals surface area contributed by atoms with Crippen LogP contribution in [-0.4, -0.2) is 28.8 Å². The molecule has 3 aromatic carbocycles. The van der Waals surface area contributed by atoms with E-state index in [1.807, 2.05) is 36.4 Å². The molecule has 0 radical (unpaired) electrons. The number of Topliss-reactive ketones (excluding diaryl/α,β-unsaturated/α-hetero) is 1. The summed E-state index contributed by atoms with van der Waals surface area (Å²) >= 11 is 0. The van der Waals surface area contributed by atoms with Gasteiger partial charge < -0.3 is 9.64 Å². The Labute approximate surface area is 180 Å². The lowest BCUT2D eigenvalue weighted by atomic mass is 10.1. The van der Waals surface area contributed by atoms with Gasteiger partial charge in [0.1, 0.15) is 5.75 Å². The van der Waals surface area contributed by atoms with E-state index >= 15 is 0 Å². The third-order valence-electron chi connectivity index (χ3n) is 4.97. The average molecular weight is 411 g/mol. The molecular weight excluding hydrogens is 390 g/mol. The van der Waals surface area contributed by atoms with E-state index in [4.69, 9.17) is 4.74 Å². The number of benzene rings is 3. The van der Waals surface area contributed by atoms with Crippen LogP contribution in [0.1, 0.15) is 22.6 Å². The number of rotatable bonds is 7. The van der Waals surface area contributed by atoms with Crippen molar-refractivity contribution in [1.82, 2.24) is 9.97 Å². The molecule has 4 rings (SSSR count). The van der Waals surface area contributed by atoms with Crippen LogP contribution >= 0.6 is 0 Å². The molecule has 0 unspecified atom stereocenters. The van der Waals surface area contributed by atoms with Crippen LogP contribution in [0.25, 0.3) is 10.8 Å². The minimum atomic E-state index is -0.414. The number of carbonyl (C=O) groups excluding carboxylic acids is 2. The van der Waals surface area contributed by atoms with Crippen LogP contribution in [-0.2, 0) is 11.3 Å². The molecule has 0 N–H and O–H groups in total. The Morgan fingerprint density at radius 3 is 2.29 bits per heavy atom. The van der Waals surface area contributed by atoms with Gasteiger partial charge in [-0.25, -0.2) is 9.97 Å². The van der Waals surface area contributed by atoms with Gasteiger partial charge in [-0.3, -0.25) is 9.59 Å². The first kappa shape index (κ1) is 20.2. The first-order chi connectivity index (χ1) is 15.1. The molecule has 6 heteroatoms. The largest absolute Gasteiger partial charge is 0.497 e. The molecular formula is C25H21N3O3. The summed E-state index contributed by atoms with van der Waals surface area (Å²) in [5.41, 5.74) is 1.65. The number of ether oxygens (including phenoxy) is 1. The lowest BCUT2D eigenvalue weighted by Crippen LogP contribution is -2.32. The Kier molecular flexibility index (Phi) is 5.98. The predicted octanol–water partition coefficient (Wildman–Crippen LogP) is 4.44. The number of fused-ring (bicyclic) bond motifs is 1. The van der Waals surface area contributed by atoms with Crippen molar-refractivity contribution >= 4 is 28.2 Å². The third kappa shape index (κ3) is 4.75. The topological polar surface area (TPSA) is 72.4 Å². The standard InChI is InChI=1S/C25H21N3O3/c1-31-22-11-9-21(10-12-22)28(24(30)16-23(29)25-26-13-4-14-27-25)17-18-7-8-19-5-2-3-6-20(19)15-18/h2-15H,16-17H2,1H3. The van der Waals surface area contributed by atoms with Crippen molar-refractivity contribution in [2.45, 2.75) is 13.0 Å². The summed E-state index contributed by atoms with van der Waals surface area (Å²) in [6.07, 6.45) is 2.66. The second kappa shape index (κ2) is 9.17. The van der Waals surface area contributed by atoms with E-state index in [9.17, 15) is 9.59 Å². The monoisotopic (exact) mass is 411 g/mol. The highest BCUT2D eigenvalue weighted by Crippen LogP contribution is 2.24. The third-order valence-corrected chi connectivity index (χ3v) is 4.97. The normalized spacial score (nSPS) is 10.6. The number of nitrogens with zero attached hydrogens (tertiary/aromatic N) is 3. The van der Waals surface area contributed by atoms with Crippen molar-refractivity contribution in [3.8, 4) is 5.75 Å². The smallest absolute Gasteiger partial charge is 0.235 e. The Balaban J connectivity index is 1.62. The van der Waals surface area contributed by atoms with Crippen molar-refractivity contribution in [2.75, 3.05) is 12.0 Å². The van der Waals surface area contributed by atoms with Crippen LogP contribution in [0.4, 0.5) is 5.69 Å². The maximum atomic E-state index is 13.2. The lowest BCUT2D eigenvalue weighted by Gasteiger charge is -2.23. The molecule has 6 nitrogen and oxygen atoms in total. The number of ketones is 1. The maximum absolute atomic E-state index is 13.2. The fourth-order valence-corrected chi connectivity index (χ4v) is 3.36. The Morgan fingerprint density at radius 1 is 0.871 bits per heavy atom. The van der Waals surface area contributed by atoms with Crippen LogP contribution in [0, 0.1) is 0 Å². The van der Waals surface area contributed by atoms with Gasteiger partial charge in [0.15, 0.2) is 5.82 Å². The van der Waals surface area contributed by atoms with Gasteiger partial charge >= 0.3 is 0 Å². The number of hydrogen-bond donors (Lipinski definition) is 0. The van der Waals surface area contributed by atoms with Crippen LogP contribution in [0.15, 0.2) is 85.2 Å².